The minimum Gasteiger partial charge on any atom is -0.423 e. The zero-order valence-electron chi connectivity index (χ0n) is 6.67. The van der Waals surface area contributed by atoms with E-state index in [1.54, 1.807) is 0 Å². The first-order chi connectivity index (χ1) is 6.49. The number of halogens is 3. The molecule has 0 atom stereocenters. The molecule has 0 unspecified atom stereocenters. The Hall–Kier alpha value is -0.975. The van der Waals surface area contributed by atoms with E-state index in [-0.39, 0.29) is 6.29 Å². The molecule has 0 amide bonds. The highest BCUT2D eigenvalue weighted by atomic mass is 35.5. The molecule has 0 aliphatic rings. The molecule has 0 saturated carbocycles. The van der Waals surface area contributed by atoms with Crippen LogP contribution in [0, 0.1) is 11.6 Å². The molecular weight excluding hydrogens is 216 g/mol. The Morgan fingerprint density at radius 1 is 1.36 bits per heavy atom. The number of rotatable bonds is 2. The molecule has 14 heavy (non-hydrogen) atoms. The lowest BCUT2D eigenvalue weighted by Gasteiger charge is -2.06. The molecular formula is C7H4BClF2O3. The van der Waals surface area contributed by atoms with Gasteiger partial charge in [-0.2, -0.15) is 0 Å². The summed E-state index contributed by atoms with van der Waals surface area (Å²) in [7, 11) is -2.35. The minimum absolute atomic E-state index is 0.104. The van der Waals surface area contributed by atoms with E-state index < -0.39 is 34.8 Å². The van der Waals surface area contributed by atoms with Crippen LogP contribution in [0.4, 0.5) is 8.78 Å². The highest BCUT2D eigenvalue weighted by molar-refractivity contribution is 6.59. The van der Waals surface area contributed by atoms with Crippen molar-refractivity contribution in [2.45, 2.75) is 0 Å². The maximum atomic E-state index is 13.1. The summed E-state index contributed by atoms with van der Waals surface area (Å²) in [5.74, 6) is -2.61. The lowest BCUT2D eigenvalue weighted by molar-refractivity contribution is 0.112. The lowest BCUT2D eigenvalue weighted by Crippen LogP contribution is -2.36. The van der Waals surface area contributed by atoms with Crippen molar-refractivity contribution < 1.29 is 23.6 Å². The molecule has 7 heteroatoms. The monoisotopic (exact) mass is 220 g/mol. The number of hydrogen-bond donors (Lipinski definition) is 2. The molecule has 0 aromatic heterocycles. The summed E-state index contributed by atoms with van der Waals surface area (Å²) < 4.78 is 26.1. The van der Waals surface area contributed by atoms with E-state index in [9.17, 15) is 13.6 Å². The largest absolute Gasteiger partial charge is 0.494 e. The zero-order chi connectivity index (χ0) is 10.9. The first-order valence-corrected chi connectivity index (χ1v) is 3.85. The van der Waals surface area contributed by atoms with Crippen LogP contribution in [0.15, 0.2) is 6.07 Å². The molecule has 74 valence electrons. The van der Waals surface area contributed by atoms with Gasteiger partial charge < -0.3 is 10.0 Å². The Morgan fingerprint density at radius 3 is 2.36 bits per heavy atom. The summed E-state index contributed by atoms with van der Waals surface area (Å²) in [5.41, 5.74) is -1.56. The molecule has 0 heterocycles. The molecule has 1 aromatic rings. The van der Waals surface area contributed by atoms with Crippen molar-refractivity contribution in [1.29, 1.82) is 0 Å². The van der Waals surface area contributed by atoms with Gasteiger partial charge in [-0.3, -0.25) is 4.79 Å². The average molecular weight is 220 g/mol. The Kier molecular flexibility index (Phi) is 3.20. The first kappa shape index (κ1) is 11.1. The van der Waals surface area contributed by atoms with Crippen LogP contribution in [0.1, 0.15) is 10.4 Å². The third-order valence-electron chi connectivity index (χ3n) is 1.60. The van der Waals surface area contributed by atoms with Crippen molar-refractivity contribution in [3.05, 3.63) is 28.3 Å². The van der Waals surface area contributed by atoms with Crippen LogP contribution in [-0.4, -0.2) is 23.5 Å². The fraction of sp³-hybridized carbons (Fsp3) is 0. The van der Waals surface area contributed by atoms with Crippen molar-refractivity contribution in [2.24, 2.45) is 0 Å². The van der Waals surface area contributed by atoms with Crippen LogP contribution in [0.5, 0.6) is 0 Å². The smallest absolute Gasteiger partial charge is 0.423 e. The van der Waals surface area contributed by atoms with Crippen LogP contribution in [0.3, 0.4) is 0 Å². The first-order valence-electron chi connectivity index (χ1n) is 3.47. The highest BCUT2D eigenvalue weighted by Crippen LogP contribution is 2.16. The minimum atomic E-state index is -2.35. The maximum absolute atomic E-state index is 13.1. The Labute approximate surface area is 83.1 Å². The summed E-state index contributed by atoms with van der Waals surface area (Å²) in [4.78, 5) is 10.3. The van der Waals surface area contributed by atoms with Crippen molar-refractivity contribution in [2.75, 3.05) is 0 Å². The molecule has 0 fully saturated rings. The standard InChI is InChI=1S/C7H4BClF2O3/c9-4-1-3(2-12)6(10)5(7(4)11)8(13)14/h1-2,13-14H. The highest BCUT2D eigenvalue weighted by Gasteiger charge is 2.26. The molecule has 0 bridgehead atoms. The molecule has 3 nitrogen and oxygen atoms in total. The Bertz CT molecular complexity index is 384. The van der Waals surface area contributed by atoms with Gasteiger partial charge in [0.1, 0.15) is 11.6 Å². The van der Waals surface area contributed by atoms with Gasteiger partial charge in [-0.05, 0) is 6.07 Å². The second-order valence-corrected chi connectivity index (χ2v) is 2.89. The van der Waals surface area contributed by atoms with Crippen molar-refractivity contribution in [3.8, 4) is 0 Å². The number of carbonyl (C=O) groups excluding carboxylic acids is 1. The molecule has 2 N–H and O–H groups in total. The van der Waals surface area contributed by atoms with Gasteiger partial charge in [0.25, 0.3) is 0 Å². The van der Waals surface area contributed by atoms with Crippen molar-refractivity contribution >= 4 is 30.5 Å². The predicted octanol–water partition coefficient (Wildman–Crippen LogP) is 0.111. The van der Waals surface area contributed by atoms with Crippen LogP contribution in [0.25, 0.3) is 0 Å². The number of benzene rings is 1. The fourth-order valence-corrected chi connectivity index (χ4v) is 1.18. The quantitative estimate of drug-likeness (QED) is 0.422. The normalized spacial score (nSPS) is 10.1. The third kappa shape index (κ3) is 1.77. The van der Waals surface area contributed by atoms with E-state index in [0.717, 1.165) is 6.07 Å². The van der Waals surface area contributed by atoms with Gasteiger partial charge in [-0.15, -0.1) is 0 Å². The molecule has 0 saturated heterocycles. The van der Waals surface area contributed by atoms with Gasteiger partial charge >= 0.3 is 7.12 Å². The van der Waals surface area contributed by atoms with E-state index in [4.69, 9.17) is 21.6 Å². The third-order valence-corrected chi connectivity index (χ3v) is 1.88. The molecule has 0 spiro atoms. The summed E-state index contributed by atoms with van der Waals surface area (Å²) in [6.07, 6.45) is 0.104. The Balaban J connectivity index is 3.52. The molecule has 0 aliphatic heterocycles. The van der Waals surface area contributed by atoms with E-state index >= 15 is 0 Å². The fourth-order valence-electron chi connectivity index (χ4n) is 0.956. The SMILES string of the molecule is O=Cc1cc(Cl)c(F)c(B(O)O)c1F. The molecule has 1 rings (SSSR count). The van der Waals surface area contributed by atoms with E-state index in [0.29, 0.717) is 0 Å². The van der Waals surface area contributed by atoms with Crippen molar-refractivity contribution in [1.82, 2.24) is 0 Å². The number of hydrogen-bond acceptors (Lipinski definition) is 3. The van der Waals surface area contributed by atoms with Gasteiger partial charge in [0.2, 0.25) is 0 Å². The van der Waals surface area contributed by atoms with Crippen molar-refractivity contribution in [3.63, 3.8) is 0 Å². The van der Waals surface area contributed by atoms with Gasteiger partial charge in [0, 0.05) is 0 Å². The van der Waals surface area contributed by atoms with Crippen LogP contribution >= 0.6 is 11.6 Å². The summed E-state index contributed by atoms with van der Waals surface area (Å²) in [5, 5.41) is 16.7. The zero-order valence-corrected chi connectivity index (χ0v) is 7.42. The molecule has 0 radical (unpaired) electrons. The summed E-state index contributed by atoms with van der Waals surface area (Å²) >= 11 is 5.29. The average Bonchev–Trinajstić information content (AvgIpc) is 2.11. The maximum Gasteiger partial charge on any atom is 0.494 e. The van der Waals surface area contributed by atoms with Gasteiger partial charge in [-0.25, -0.2) is 8.78 Å². The van der Waals surface area contributed by atoms with E-state index in [1.165, 1.54) is 0 Å². The molecule has 1 aromatic carbocycles. The summed E-state index contributed by atoms with van der Waals surface area (Å²) in [6, 6.07) is 0.769. The van der Waals surface area contributed by atoms with Gasteiger partial charge in [0.15, 0.2) is 6.29 Å². The van der Waals surface area contributed by atoms with Gasteiger partial charge in [0.05, 0.1) is 16.0 Å². The number of carbonyl (C=O) groups is 1. The molecule has 0 aliphatic carbocycles. The number of aldehydes is 1. The van der Waals surface area contributed by atoms with Gasteiger partial charge in [-0.1, -0.05) is 11.6 Å². The van der Waals surface area contributed by atoms with Crippen LogP contribution in [0.2, 0.25) is 5.02 Å². The topological polar surface area (TPSA) is 57.5 Å². The lowest BCUT2D eigenvalue weighted by atomic mass is 9.78. The second kappa shape index (κ2) is 4.04. The Morgan fingerprint density at radius 2 is 1.93 bits per heavy atom. The van der Waals surface area contributed by atoms with E-state index in [1.807, 2.05) is 0 Å². The summed E-state index contributed by atoms with van der Waals surface area (Å²) in [6.45, 7) is 0. The van der Waals surface area contributed by atoms with Crippen LogP contribution in [-0.2, 0) is 0 Å². The van der Waals surface area contributed by atoms with E-state index in [2.05, 4.69) is 0 Å². The predicted molar refractivity (Wildman–Crippen MR) is 46.6 cm³/mol. The second-order valence-electron chi connectivity index (χ2n) is 2.48. The van der Waals surface area contributed by atoms with Crippen LogP contribution < -0.4 is 5.46 Å².